The van der Waals surface area contributed by atoms with Crippen LogP contribution in [0.4, 0.5) is 4.79 Å². The Morgan fingerprint density at radius 2 is 1.85 bits per heavy atom. The van der Waals surface area contributed by atoms with Crippen molar-refractivity contribution in [2.75, 3.05) is 39.3 Å². The molecule has 6 heteroatoms. The summed E-state index contributed by atoms with van der Waals surface area (Å²) in [6.07, 6.45) is 3.93. The first-order valence-corrected chi connectivity index (χ1v) is 10.5. The summed E-state index contributed by atoms with van der Waals surface area (Å²) in [4.78, 5) is 18.8. The number of piperazine rings is 1. The maximum absolute atomic E-state index is 12.1. The van der Waals surface area contributed by atoms with Gasteiger partial charge in [-0.3, -0.25) is 14.7 Å². The molecule has 1 aromatic carbocycles. The number of rotatable bonds is 5. The molecule has 0 bridgehead atoms. The standard InChI is InChI=1S/C20H30N3O2P/c1-20(2,3)23-15-17(25-19(23)24)14-21-10-12-22(13-11-21)18(26-4)16-8-6-5-7-9-16/h5-9,17-18H,4,10-15H2,1-3H3. The van der Waals surface area contributed by atoms with E-state index in [2.05, 4.69) is 67.2 Å². The highest BCUT2D eigenvalue weighted by Gasteiger charge is 2.39. The minimum atomic E-state index is -0.180. The van der Waals surface area contributed by atoms with Crippen LogP contribution in [0.25, 0.3) is 0 Å². The molecular formula is C20H30N3O2P. The molecule has 1 aromatic rings. The Bertz CT molecular complexity index is 624. The Morgan fingerprint density at radius 3 is 2.38 bits per heavy atom. The Morgan fingerprint density at radius 1 is 1.19 bits per heavy atom. The van der Waals surface area contributed by atoms with Gasteiger partial charge in [-0.2, -0.15) is 0 Å². The number of carbonyl (C=O) groups excluding carboxylic acids is 1. The first kappa shape index (κ1) is 19.3. The van der Waals surface area contributed by atoms with E-state index in [1.807, 2.05) is 4.90 Å². The minimum Gasteiger partial charge on any atom is -0.443 e. The van der Waals surface area contributed by atoms with Gasteiger partial charge in [0.1, 0.15) is 6.10 Å². The van der Waals surface area contributed by atoms with Gasteiger partial charge in [0.25, 0.3) is 0 Å². The van der Waals surface area contributed by atoms with Crippen LogP contribution in [0.1, 0.15) is 32.1 Å². The molecule has 1 amide bonds. The zero-order valence-electron chi connectivity index (χ0n) is 16.1. The van der Waals surface area contributed by atoms with Crippen molar-refractivity contribution in [3.63, 3.8) is 0 Å². The monoisotopic (exact) mass is 375 g/mol. The second kappa shape index (κ2) is 8.08. The molecule has 2 heterocycles. The van der Waals surface area contributed by atoms with E-state index in [1.165, 1.54) is 5.56 Å². The van der Waals surface area contributed by atoms with Crippen molar-refractivity contribution < 1.29 is 9.53 Å². The zero-order chi connectivity index (χ0) is 18.7. The normalized spacial score (nSPS) is 24.0. The smallest absolute Gasteiger partial charge is 0.410 e. The van der Waals surface area contributed by atoms with Gasteiger partial charge >= 0.3 is 6.09 Å². The third-order valence-corrected chi connectivity index (χ3v) is 6.14. The van der Waals surface area contributed by atoms with Gasteiger partial charge in [0.15, 0.2) is 0 Å². The van der Waals surface area contributed by atoms with Gasteiger partial charge in [0.2, 0.25) is 0 Å². The van der Waals surface area contributed by atoms with Gasteiger partial charge in [0.05, 0.1) is 12.3 Å². The summed E-state index contributed by atoms with van der Waals surface area (Å²) >= 11 is 0. The Labute approximate surface area is 158 Å². The van der Waals surface area contributed by atoms with E-state index in [0.29, 0.717) is 12.3 Å². The van der Waals surface area contributed by atoms with Gasteiger partial charge in [-0.05, 0) is 26.3 Å². The predicted octanol–water partition coefficient (Wildman–Crippen LogP) is 3.30. The Balaban J connectivity index is 1.51. The first-order valence-electron chi connectivity index (χ1n) is 9.34. The van der Waals surface area contributed by atoms with Gasteiger partial charge in [-0.25, -0.2) is 4.79 Å². The number of amides is 1. The summed E-state index contributed by atoms with van der Waals surface area (Å²) in [5, 5.41) is 0. The molecule has 2 aliphatic heterocycles. The molecule has 2 atom stereocenters. The Hall–Kier alpha value is -1.42. The molecule has 142 valence electrons. The van der Waals surface area contributed by atoms with Crippen molar-refractivity contribution in [3.8, 4) is 0 Å². The average Bonchev–Trinajstić information content (AvgIpc) is 2.99. The summed E-state index contributed by atoms with van der Waals surface area (Å²) in [5.41, 5.74) is 1.16. The van der Waals surface area contributed by atoms with Crippen LogP contribution in [0.3, 0.4) is 0 Å². The number of carbonyl (C=O) groups is 1. The topological polar surface area (TPSA) is 36.0 Å². The van der Waals surface area contributed by atoms with Crippen molar-refractivity contribution in [1.29, 1.82) is 0 Å². The first-order chi connectivity index (χ1) is 12.4. The maximum atomic E-state index is 12.1. The molecule has 0 aromatic heterocycles. The Kier molecular flexibility index (Phi) is 6.01. The number of ether oxygens (including phenoxy) is 1. The quantitative estimate of drug-likeness (QED) is 0.740. The molecular weight excluding hydrogens is 345 g/mol. The van der Waals surface area contributed by atoms with E-state index in [4.69, 9.17) is 4.74 Å². The lowest BCUT2D eigenvalue weighted by molar-refractivity contribution is 0.0728. The van der Waals surface area contributed by atoms with Crippen molar-refractivity contribution >= 4 is 20.6 Å². The van der Waals surface area contributed by atoms with Crippen LogP contribution in [0.5, 0.6) is 0 Å². The van der Waals surface area contributed by atoms with Crippen molar-refractivity contribution in [2.24, 2.45) is 0 Å². The molecule has 0 spiro atoms. The molecule has 0 N–H and O–H groups in total. The van der Waals surface area contributed by atoms with Gasteiger partial charge < -0.3 is 4.74 Å². The van der Waals surface area contributed by atoms with Crippen LogP contribution in [0.15, 0.2) is 30.3 Å². The minimum absolute atomic E-state index is 0.0239. The number of nitrogens with zero attached hydrogens (tertiary/aromatic N) is 3. The molecule has 0 saturated carbocycles. The SMILES string of the molecule is C=PC(c1ccccc1)N1CCN(CC2CN(C(C)(C)C)C(=O)O2)CC1. The number of hydrogen-bond acceptors (Lipinski definition) is 4. The number of cyclic esters (lactones) is 1. The molecule has 5 nitrogen and oxygen atoms in total. The van der Waals surface area contributed by atoms with E-state index in [0.717, 1.165) is 40.9 Å². The number of benzene rings is 1. The van der Waals surface area contributed by atoms with Crippen LogP contribution >= 0.6 is 8.20 Å². The molecule has 0 radical (unpaired) electrons. The molecule has 26 heavy (non-hydrogen) atoms. The maximum Gasteiger partial charge on any atom is 0.410 e. The average molecular weight is 375 g/mol. The van der Waals surface area contributed by atoms with E-state index in [-0.39, 0.29) is 17.7 Å². The van der Waals surface area contributed by atoms with Gasteiger partial charge in [-0.15, -0.1) is 0 Å². The highest BCUT2D eigenvalue weighted by molar-refractivity contribution is 7.37. The van der Waals surface area contributed by atoms with E-state index < -0.39 is 0 Å². The lowest BCUT2D eigenvalue weighted by Gasteiger charge is -2.38. The molecule has 2 unspecified atom stereocenters. The summed E-state index contributed by atoms with van der Waals surface area (Å²) in [7, 11) is 1.14. The van der Waals surface area contributed by atoms with Gasteiger partial charge in [-0.1, -0.05) is 44.8 Å². The van der Waals surface area contributed by atoms with Crippen molar-refractivity contribution in [3.05, 3.63) is 35.9 Å². The summed E-state index contributed by atoms with van der Waals surface area (Å²) < 4.78 is 5.59. The summed E-state index contributed by atoms with van der Waals surface area (Å²) in [6.45, 7) is 11.7. The summed E-state index contributed by atoms with van der Waals surface area (Å²) in [6, 6.07) is 10.6. The lowest BCUT2D eigenvalue weighted by Crippen LogP contribution is -2.49. The third kappa shape index (κ3) is 4.46. The highest BCUT2D eigenvalue weighted by atomic mass is 31.1. The van der Waals surface area contributed by atoms with Crippen molar-refractivity contribution in [1.82, 2.24) is 14.7 Å². The van der Waals surface area contributed by atoms with Crippen molar-refractivity contribution in [2.45, 2.75) is 38.2 Å². The zero-order valence-corrected chi connectivity index (χ0v) is 17.0. The van der Waals surface area contributed by atoms with E-state index in [9.17, 15) is 4.79 Å². The fraction of sp³-hybridized carbons (Fsp3) is 0.600. The fourth-order valence-corrected chi connectivity index (χ4v) is 4.54. The predicted molar refractivity (Wildman–Crippen MR) is 108 cm³/mol. The van der Waals surface area contributed by atoms with Crippen LogP contribution in [-0.4, -0.2) is 78.0 Å². The van der Waals surface area contributed by atoms with Crippen LogP contribution < -0.4 is 0 Å². The lowest BCUT2D eigenvalue weighted by atomic mass is 10.1. The summed E-state index contributed by atoms with van der Waals surface area (Å²) in [5.74, 6) is 0.360. The number of hydrogen-bond donors (Lipinski definition) is 0. The van der Waals surface area contributed by atoms with E-state index >= 15 is 0 Å². The van der Waals surface area contributed by atoms with Crippen LogP contribution in [0.2, 0.25) is 0 Å². The highest BCUT2D eigenvalue weighted by Crippen LogP contribution is 2.31. The molecule has 2 aliphatic rings. The van der Waals surface area contributed by atoms with Crippen LogP contribution in [-0.2, 0) is 4.74 Å². The van der Waals surface area contributed by atoms with Gasteiger partial charge in [0, 0.05) is 38.3 Å². The third-order valence-electron chi connectivity index (χ3n) is 5.17. The molecule has 2 saturated heterocycles. The molecule has 2 fully saturated rings. The fourth-order valence-electron chi connectivity index (χ4n) is 3.70. The molecule has 3 rings (SSSR count). The van der Waals surface area contributed by atoms with Crippen LogP contribution in [0, 0.1) is 0 Å². The second-order valence-corrected chi connectivity index (χ2v) is 8.94. The largest absolute Gasteiger partial charge is 0.443 e. The second-order valence-electron chi connectivity index (χ2n) is 8.09. The molecule has 0 aliphatic carbocycles. The van der Waals surface area contributed by atoms with E-state index in [1.54, 1.807) is 0 Å².